The summed E-state index contributed by atoms with van der Waals surface area (Å²) in [5.74, 6) is 0. The van der Waals surface area contributed by atoms with Crippen molar-refractivity contribution >= 4 is 41.4 Å². The van der Waals surface area contributed by atoms with E-state index in [1.165, 1.54) is 6.08 Å². The van der Waals surface area contributed by atoms with Gasteiger partial charge in [0, 0.05) is 9.27 Å². The molecular weight excluding hydrogens is 200 g/mol. The number of carbonyl (C=O) groups is 1. The molecule has 62 valence electrons. The molecule has 4 heteroatoms. The van der Waals surface area contributed by atoms with Gasteiger partial charge in [0.1, 0.15) is 6.29 Å². The summed E-state index contributed by atoms with van der Waals surface area (Å²) in [6.07, 6.45) is 7.71. The van der Waals surface area contributed by atoms with Crippen LogP contribution in [0.2, 0.25) is 0 Å². The van der Waals surface area contributed by atoms with Gasteiger partial charge >= 0.3 is 0 Å². The van der Waals surface area contributed by atoms with Crippen molar-refractivity contribution in [3.8, 4) is 0 Å². The lowest BCUT2D eigenvalue weighted by atomic mass is 10.5. The number of carbonyl (C=O) groups excluding carboxylic acids is 1. The van der Waals surface area contributed by atoms with Crippen molar-refractivity contribution in [3.05, 3.63) is 21.4 Å². The molecule has 0 aromatic rings. The second kappa shape index (κ2) is 6.83. The van der Waals surface area contributed by atoms with Crippen LogP contribution in [-0.4, -0.2) is 18.8 Å². The first-order chi connectivity index (χ1) is 5.24. The summed E-state index contributed by atoms with van der Waals surface area (Å²) in [5.41, 5.74) is 0. The Labute approximate surface area is 80.3 Å². The highest BCUT2D eigenvalue weighted by Gasteiger charge is 1.92. The molecule has 0 atom stereocenters. The fourth-order valence-corrected chi connectivity index (χ4v) is 1.87. The highest BCUT2D eigenvalue weighted by atomic mass is 35.5. The lowest BCUT2D eigenvalue weighted by Crippen LogP contribution is -1.70. The van der Waals surface area contributed by atoms with Crippen molar-refractivity contribution in [3.63, 3.8) is 0 Å². The topological polar surface area (TPSA) is 17.1 Å². The monoisotopic (exact) mass is 208 g/mol. The third-order valence-electron chi connectivity index (χ3n) is 0.885. The minimum atomic E-state index is 0.471. The van der Waals surface area contributed by atoms with Gasteiger partial charge in [-0.15, -0.1) is 23.5 Å². The molecule has 0 amide bonds. The molecule has 0 heterocycles. The van der Waals surface area contributed by atoms with Crippen LogP contribution in [0.15, 0.2) is 21.4 Å². The quantitative estimate of drug-likeness (QED) is 0.402. The van der Waals surface area contributed by atoms with Gasteiger partial charge in [-0.3, -0.25) is 4.79 Å². The Morgan fingerprint density at radius 1 is 1.36 bits per heavy atom. The molecule has 11 heavy (non-hydrogen) atoms. The van der Waals surface area contributed by atoms with Crippen LogP contribution in [0.3, 0.4) is 0 Å². The highest BCUT2D eigenvalue weighted by molar-refractivity contribution is 8.21. The summed E-state index contributed by atoms with van der Waals surface area (Å²) >= 11 is 8.87. The standard InChI is InChI=1S/C7H9ClOS2/c1-10-7(11-2)5-6(8)3-4-9/h3-5H,1-2H3/b6-3-. The molecule has 0 saturated heterocycles. The van der Waals surface area contributed by atoms with E-state index in [1.54, 1.807) is 29.6 Å². The first kappa shape index (κ1) is 11.1. The second-order valence-electron chi connectivity index (χ2n) is 1.56. The van der Waals surface area contributed by atoms with Gasteiger partial charge in [-0.2, -0.15) is 0 Å². The van der Waals surface area contributed by atoms with Crippen LogP contribution < -0.4 is 0 Å². The van der Waals surface area contributed by atoms with Gasteiger partial charge in [0.2, 0.25) is 0 Å². The first-order valence-electron chi connectivity index (χ1n) is 2.85. The summed E-state index contributed by atoms with van der Waals surface area (Å²) in [7, 11) is 0. The normalized spacial score (nSPS) is 11.0. The SMILES string of the molecule is CSC(=C/C(Cl)=C/C=O)SC. The number of halogens is 1. The minimum Gasteiger partial charge on any atom is -0.299 e. The van der Waals surface area contributed by atoms with Crippen LogP contribution in [0.5, 0.6) is 0 Å². The van der Waals surface area contributed by atoms with Gasteiger partial charge in [-0.1, -0.05) is 11.6 Å². The van der Waals surface area contributed by atoms with E-state index in [1.807, 2.05) is 12.5 Å². The van der Waals surface area contributed by atoms with E-state index >= 15 is 0 Å². The van der Waals surface area contributed by atoms with Crippen LogP contribution in [-0.2, 0) is 4.79 Å². The molecule has 0 radical (unpaired) electrons. The largest absolute Gasteiger partial charge is 0.299 e. The van der Waals surface area contributed by atoms with Crippen LogP contribution in [0.25, 0.3) is 0 Å². The maximum Gasteiger partial charge on any atom is 0.144 e. The summed E-state index contributed by atoms with van der Waals surface area (Å²) in [5, 5.41) is 0.471. The molecule has 0 N–H and O–H groups in total. The molecule has 0 bridgehead atoms. The zero-order chi connectivity index (χ0) is 8.69. The van der Waals surface area contributed by atoms with E-state index in [0.29, 0.717) is 11.3 Å². The van der Waals surface area contributed by atoms with E-state index in [9.17, 15) is 4.79 Å². The summed E-state index contributed by atoms with van der Waals surface area (Å²) < 4.78 is 1.09. The smallest absolute Gasteiger partial charge is 0.144 e. The number of allylic oxidation sites excluding steroid dienone is 3. The molecule has 0 rings (SSSR count). The Morgan fingerprint density at radius 2 is 1.91 bits per heavy atom. The molecule has 0 aromatic carbocycles. The average Bonchev–Trinajstić information content (AvgIpc) is 2.01. The average molecular weight is 209 g/mol. The Hall–Kier alpha value is 0.140. The van der Waals surface area contributed by atoms with Gasteiger partial charge < -0.3 is 0 Å². The second-order valence-corrected chi connectivity index (χ2v) is 3.95. The molecular formula is C7H9ClOS2. The molecule has 1 nitrogen and oxygen atoms in total. The van der Waals surface area contributed by atoms with Crippen molar-refractivity contribution in [2.75, 3.05) is 12.5 Å². The summed E-state index contributed by atoms with van der Waals surface area (Å²) in [4.78, 5) is 9.97. The van der Waals surface area contributed by atoms with Crippen molar-refractivity contribution in [1.29, 1.82) is 0 Å². The number of hydrogen-bond acceptors (Lipinski definition) is 3. The van der Waals surface area contributed by atoms with Gasteiger partial charge in [0.05, 0.1) is 0 Å². The minimum absolute atomic E-state index is 0.471. The predicted molar refractivity (Wildman–Crippen MR) is 55.1 cm³/mol. The van der Waals surface area contributed by atoms with Crippen molar-refractivity contribution in [2.24, 2.45) is 0 Å². The van der Waals surface area contributed by atoms with E-state index in [-0.39, 0.29) is 0 Å². The van der Waals surface area contributed by atoms with Gasteiger partial charge in [-0.25, -0.2) is 0 Å². The molecule has 0 spiro atoms. The van der Waals surface area contributed by atoms with Crippen molar-refractivity contribution < 1.29 is 4.79 Å². The van der Waals surface area contributed by atoms with E-state index < -0.39 is 0 Å². The Kier molecular flexibility index (Phi) is 6.91. The molecule has 0 aliphatic carbocycles. The maximum atomic E-state index is 9.97. The number of rotatable bonds is 4. The van der Waals surface area contributed by atoms with Crippen molar-refractivity contribution in [2.45, 2.75) is 0 Å². The fourth-order valence-electron chi connectivity index (χ4n) is 0.427. The number of hydrogen-bond donors (Lipinski definition) is 0. The fraction of sp³-hybridized carbons (Fsp3) is 0.286. The number of thioether (sulfide) groups is 2. The van der Waals surface area contributed by atoms with E-state index in [4.69, 9.17) is 11.6 Å². The Bertz CT molecular complexity index is 181. The van der Waals surface area contributed by atoms with Gasteiger partial charge in [0.15, 0.2) is 0 Å². The maximum absolute atomic E-state index is 9.97. The summed E-state index contributed by atoms with van der Waals surface area (Å²) in [6, 6.07) is 0. The van der Waals surface area contributed by atoms with E-state index in [2.05, 4.69) is 0 Å². The predicted octanol–water partition coefficient (Wildman–Crippen LogP) is 2.88. The Morgan fingerprint density at radius 3 is 2.27 bits per heavy atom. The van der Waals surface area contributed by atoms with Crippen LogP contribution in [0, 0.1) is 0 Å². The Balaban J connectivity index is 4.25. The van der Waals surface area contributed by atoms with Crippen LogP contribution in [0.1, 0.15) is 0 Å². The van der Waals surface area contributed by atoms with Gasteiger partial charge in [-0.05, 0) is 24.7 Å². The zero-order valence-electron chi connectivity index (χ0n) is 6.33. The number of aldehydes is 1. The summed E-state index contributed by atoms with van der Waals surface area (Å²) in [6.45, 7) is 0. The third-order valence-corrected chi connectivity index (χ3v) is 3.16. The van der Waals surface area contributed by atoms with Gasteiger partial charge in [0.25, 0.3) is 0 Å². The zero-order valence-corrected chi connectivity index (χ0v) is 8.72. The first-order valence-corrected chi connectivity index (χ1v) is 5.68. The molecule has 0 aliphatic heterocycles. The third kappa shape index (κ3) is 5.41. The highest BCUT2D eigenvalue weighted by Crippen LogP contribution is 2.25. The van der Waals surface area contributed by atoms with Crippen LogP contribution >= 0.6 is 35.1 Å². The van der Waals surface area contributed by atoms with E-state index in [0.717, 1.165) is 4.24 Å². The lowest BCUT2D eigenvalue weighted by molar-refractivity contribution is -0.104. The molecule has 0 unspecified atom stereocenters. The molecule has 0 aliphatic rings. The molecule has 0 aromatic heterocycles. The molecule has 0 saturated carbocycles. The molecule has 0 fully saturated rings. The van der Waals surface area contributed by atoms with Crippen molar-refractivity contribution in [1.82, 2.24) is 0 Å². The van der Waals surface area contributed by atoms with Crippen LogP contribution in [0.4, 0.5) is 0 Å². The lowest BCUT2D eigenvalue weighted by Gasteiger charge is -1.96.